The molecule has 2 atom stereocenters. The second-order valence-electron chi connectivity index (χ2n) is 5.90. The van der Waals surface area contributed by atoms with Gasteiger partial charge in [-0.25, -0.2) is 0 Å². The van der Waals surface area contributed by atoms with E-state index in [-0.39, 0.29) is 0 Å². The molecule has 0 aliphatic rings. The molecule has 0 aromatic heterocycles. The lowest BCUT2D eigenvalue weighted by Crippen LogP contribution is -2.49. The Hall–Kier alpha value is -0.610. The minimum atomic E-state index is -0.774. The summed E-state index contributed by atoms with van der Waals surface area (Å²) in [6.07, 6.45) is 3.90. The van der Waals surface area contributed by atoms with Gasteiger partial charge in [-0.15, -0.1) is 0 Å². The molecule has 0 amide bonds. The number of likely N-dealkylation sites (N-methyl/N-ethyl adjacent to an activating group) is 1. The van der Waals surface area contributed by atoms with Crippen molar-refractivity contribution in [2.45, 2.75) is 58.9 Å². The topological polar surface area (TPSA) is 52.6 Å². The monoisotopic (exact) mass is 272 g/mol. The number of nitrogens with one attached hydrogen (secondary N) is 1. The quantitative estimate of drug-likeness (QED) is 0.568. The molecule has 0 bridgehead atoms. The summed E-state index contributed by atoms with van der Waals surface area (Å²) >= 11 is 0. The maximum Gasteiger partial charge on any atom is 0.323 e. The average Bonchev–Trinajstić information content (AvgIpc) is 2.34. The second kappa shape index (κ2) is 9.32. The number of aliphatic carboxylic acids is 1. The molecule has 0 aromatic rings. The number of carboxylic acid groups (broad SMARTS) is 1. The van der Waals surface area contributed by atoms with Crippen molar-refractivity contribution in [3.05, 3.63) is 0 Å². The van der Waals surface area contributed by atoms with Crippen molar-refractivity contribution in [1.82, 2.24) is 10.2 Å². The molecule has 0 aromatic carbocycles. The molecule has 0 fully saturated rings. The molecule has 0 saturated carbocycles. The maximum absolute atomic E-state index is 11.3. The zero-order chi connectivity index (χ0) is 14.9. The van der Waals surface area contributed by atoms with Crippen LogP contribution < -0.4 is 5.32 Å². The fourth-order valence-electron chi connectivity index (χ4n) is 2.27. The Kier molecular flexibility index (Phi) is 9.02. The van der Waals surface area contributed by atoms with Crippen LogP contribution >= 0.6 is 0 Å². The normalized spacial score (nSPS) is 16.3. The Morgan fingerprint density at radius 2 is 2.00 bits per heavy atom. The molecule has 4 nitrogen and oxygen atoms in total. The van der Waals surface area contributed by atoms with Crippen LogP contribution in [0.3, 0.4) is 0 Å². The Bertz CT molecular complexity index is 259. The Morgan fingerprint density at radius 3 is 2.47 bits per heavy atom. The van der Waals surface area contributed by atoms with Gasteiger partial charge in [0, 0.05) is 6.54 Å². The molecule has 2 unspecified atom stereocenters. The predicted molar refractivity (Wildman–Crippen MR) is 80.5 cm³/mol. The SMILES string of the molecule is CCNC(C)(CCCCN(C)CC(C)CC)C(=O)O. The van der Waals surface area contributed by atoms with E-state index < -0.39 is 11.5 Å². The number of rotatable bonds is 11. The zero-order valence-electron chi connectivity index (χ0n) is 13.3. The van der Waals surface area contributed by atoms with Gasteiger partial charge in [-0.05, 0) is 52.2 Å². The second-order valence-corrected chi connectivity index (χ2v) is 5.90. The molecule has 0 spiro atoms. The first kappa shape index (κ1) is 18.4. The number of carbonyl (C=O) groups is 1. The first-order valence-corrected chi connectivity index (χ1v) is 7.52. The molecule has 0 saturated heterocycles. The molecule has 19 heavy (non-hydrogen) atoms. The highest BCUT2D eigenvalue weighted by molar-refractivity contribution is 5.78. The van der Waals surface area contributed by atoms with Crippen molar-refractivity contribution in [2.24, 2.45) is 5.92 Å². The third-order valence-electron chi connectivity index (χ3n) is 3.83. The van der Waals surface area contributed by atoms with Crippen LogP contribution in [-0.2, 0) is 4.79 Å². The third-order valence-corrected chi connectivity index (χ3v) is 3.83. The number of nitrogens with zero attached hydrogens (tertiary/aromatic N) is 1. The van der Waals surface area contributed by atoms with E-state index in [1.165, 1.54) is 6.42 Å². The van der Waals surface area contributed by atoms with Gasteiger partial charge in [0.2, 0.25) is 0 Å². The van der Waals surface area contributed by atoms with E-state index >= 15 is 0 Å². The Labute approximate surface area is 118 Å². The summed E-state index contributed by atoms with van der Waals surface area (Å²) in [5, 5.41) is 12.3. The Balaban J connectivity index is 3.92. The van der Waals surface area contributed by atoms with Crippen molar-refractivity contribution in [3.63, 3.8) is 0 Å². The van der Waals surface area contributed by atoms with Crippen LogP contribution in [0.25, 0.3) is 0 Å². The summed E-state index contributed by atoms with van der Waals surface area (Å²) in [6, 6.07) is 0. The van der Waals surface area contributed by atoms with Crippen LogP contribution in [-0.4, -0.2) is 48.2 Å². The molecule has 0 aliphatic carbocycles. The zero-order valence-corrected chi connectivity index (χ0v) is 13.3. The lowest BCUT2D eigenvalue weighted by molar-refractivity contribution is -0.144. The van der Waals surface area contributed by atoms with Gasteiger partial charge >= 0.3 is 5.97 Å². The minimum Gasteiger partial charge on any atom is -0.480 e. The van der Waals surface area contributed by atoms with Gasteiger partial charge < -0.3 is 15.3 Å². The number of carboxylic acids is 1. The molecule has 0 aliphatic heterocycles. The summed E-state index contributed by atoms with van der Waals surface area (Å²) in [4.78, 5) is 13.6. The van der Waals surface area contributed by atoms with Crippen molar-refractivity contribution in [2.75, 3.05) is 26.7 Å². The van der Waals surface area contributed by atoms with E-state index in [0.29, 0.717) is 13.0 Å². The van der Waals surface area contributed by atoms with Crippen LogP contribution in [0.4, 0.5) is 0 Å². The summed E-state index contributed by atoms with van der Waals surface area (Å²) in [5.74, 6) is -0.0154. The van der Waals surface area contributed by atoms with Gasteiger partial charge in [-0.1, -0.05) is 27.2 Å². The van der Waals surface area contributed by atoms with E-state index in [9.17, 15) is 9.90 Å². The Morgan fingerprint density at radius 1 is 1.37 bits per heavy atom. The molecule has 0 radical (unpaired) electrons. The summed E-state index contributed by atoms with van der Waals surface area (Å²) in [7, 11) is 2.15. The largest absolute Gasteiger partial charge is 0.480 e. The molecule has 2 N–H and O–H groups in total. The highest BCUT2D eigenvalue weighted by Gasteiger charge is 2.30. The number of hydrogen-bond donors (Lipinski definition) is 2. The van der Waals surface area contributed by atoms with Gasteiger partial charge in [0.1, 0.15) is 5.54 Å². The molecular weight excluding hydrogens is 240 g/mol. The van der Waals surface area contributed by atoms with Gasteiger partial charge in [0.15, 0.2) is 0 Å². The van der Waals surface area contributed by atoms with Gasteiger partial charge in [-0.2, -0.15) is 0 Å². The fourth-order valence-corrected chi connectivity index (χ4v) is 2.27. The highest BCUT2D eigenvalue weighted by Crippen LogP contribution is 2.14. The average molecular weight is 272 g/mol. The first-order chi connectivity index (χ1) is 8.85. The molecule has 0 heterocycles. The predicted octanol–water partition coefficient (Wildman–Crippen LogP) is 2.59. The van der Waals surface area contributed by atoms with Gasteiger partial charge in [-0.3, -0.25) is 4.79 Å². The van der Waals surface area contributed by atoms with Crippen LogP contribution in [0, 0.1) is 5.92 Å². The number of hydrogen-bond acceptors (Lipinski definition) is 3. The van der Waals surface area contributed by atoms with E-state index in [4.69, 9.17) is 0 Å². The van der Waals surface area contributed by atoms with E-state index in [0.717, 1.165) is 31.8 Å². The van der Waals surface area contributed by atoms with Crippen LogP contribution in [0.5, 0.6) is 0 Å². The van der Waals surface area contributed by atoms with Crippen LogP contribution in [0.2, 0.25) is 0 Å². The third kappa shape index (κ3) is 7.53. The van der Waals surface area contributed by atoms with E-state index in [2.05, 4.69) is 31.1 Å². The standard InChI is InChI=1S/C15H32N2O2/c1-6-13(3)12-17(5)11-9-8-10-15(4,14(18)19)16-7-2/h13,16H,6-12H2,1-5H3,(H,18,19). The smallest absolute Gasteiger partial charge is 0.323 e. The molecule has 0 rings (SSSR count). The molecule has 114 valence electrons. The van der Waals surface area contributed by atoms with Crippen LogP contribution in [0.15, 0.2) is 0 Å². The van der Waals surface area contributed by atoms with Gasteiger partial charge in [0.25, 0.3) is 0 Å². The first-order valence-electron chi connectivity index (χ1n) is 7.52. The highest BCUT2D eigenvalue weighted by atomic mass is 16.4. The maximum atomic E-state index is 11.3. The number of unbranched alkanes of at least 4 members (excludes halogenated alkanes) is 1. The van der Waals surface area contributed by atoms with Gasteiger partial charge in [0.05, 0.1) is 0 Å². The fraction of sp³-hybridized carbons (Fsp3) is 0.933. The van der Waals surface area contributed by atoms with Crippen LogP contribution in [0.1, 0.15) is 53.4 Å². The lowest BCUT2D eigenvalue weighted by Gasteiger charge is -2.26. The van der Waals surface area contributed by atoms with E-state index in [1.807, 2.05) is 6.92 Å². The summed E-state index contributed by atoms with van der Waals surface area (Å²) in [6.45, 7) is 11.1. The van der Waals surface area contributed by atoms with Crippen molar-refractivity contribution in [3.8, 4) is 0 Å². The molecule has 4 heteroatoms. The van der Waals surface area contributed by atoms with E-state index in [1.54, 1.807) is 6.92 Å². The molecular formula is C15H32N2O2. The van der Waals surface area contributed by atoms with Crippen molar-refractivity contribution in [1.29, 1.82) is 0 Å². The van der Waals surface area contributed by atoms with Crippen molar-refractivity contribution >= 4 is 5.97 Å². The summed E-state index contributed by atoms with van der Waals surface area (Å²) in [5.41, 5.74) is -0.774. The minimum absolute atomic E-state index is 0.688. The van der Waals surface area contributed by atoms with Crippen molar-refractivity contribution < 1.29 is 9.90 Å². The lowest BCUT2D eigenvalue weighted by atomic mass is 9.95. The summed E-state index contributed by atoms with van der Waals surface area (Å²) < 4.78 is 0.